The largest absolute Gasteiger partial charge is 0.324 e. The summed E-state index contributed by atoms with van der Waals surface area (Å²) in [5.41, 5.74) is 6.86. The molecule has 9 radical (unpaired) electrons. The fourth-order valence-electron chi connectivity index (χ4n) is 0.998. The van der Waals surface area contributed by atoms with Gasteiger partial charge in [-0.3, -0.25) is 0 Å². The lowest BCUT2D eigenvalue weighted by molar-refractivity contribution is 0.825. The van der Waals surface area contributed by atoms with Crippen LogP contribution < -0.4 is 21.3 Å². The molecule has 0 aromatic heterocycles. The number of nitrogens with two attached hydrogens (primary N) is 1. The van der Waals surface area contributed by atoms with Crippen LogP contribution in [0.25, 0.3) is 0 Å². The van der Waals surface area contributed by atoms with Crippen molar-refractivity contribution in [2.75, 3.05) is 0 Å². The van der Waals surface area contributed by atoms with Crippen LogP contribution in [0.4, 0.5) is 0 Å². The molecule has 4 heteroatoms. The van der Waals surface area contributed by atoms with Crippen molar-refractivity contribution in [2.45, 2.75) is 13.0 Å². The number of rotatable bonds is 1. The van der Waals surface area contributed by atoms with Gasteiger partial charge in [-0.05, 0) is 12.5 Å². The summed E-state index contributed by atoms with van der Waals surface area (Å²) >= 11 is 0. The monoisotopic (exact) mass is 202 g/mol. The van der Waals surface area contributed by atoms with E-state index in [1.54, 1.807) is 0 Å². The van der Waals surface area contributed by atoms with Gasteiger partial charge in [0.1, 0.15) is 0 Å². The van der Waals surface area contributed by atoms with E-state index in [-0.39, 0.29) is 6.04 Å². The first kappa shape index (κ1) is 9.92. The second-order valence-electron chi connectivity index (χ2n) is 2.74. The highest BCUT2D eigenvalue weighted by atomic mass is 28.2. The molecular weight excluding hydrogens is 194 g/mol. The van der Waals surface area contributed by atoms with Gasteiger partial charge in [-0.2, -0.15) is 0 Å². The van der Waals surface area contributed by atoms with E-state index in [0.29, 0.717) is 0 Å². The zero-order valence-corrected chi connectivity index (χ0v) is 9.81. The number of hydrogen-bond donors (Lipinski definition) is 1. The van der Waals surface area contributed by atoms with Gasteiger partial charge in [0.05, 0.1) is 30.7 Å². The second kappa shape index (κ2) is 3.70. The van der Waals surface area contributed by atoms with Crippen molar-refractivity contribution in [2.24, 2.45) is 5.73 Å². The molecule has 0 aliphatic carbocycles. The van der Waals surface area contributed by atoms with Gasteiger partial charge >= 0.3 is 0 Å². The minimum atomic E-state index is 0.0415. The lowest BCUT2D eigenvalue weighted by Gasteiger charge is -2.13. The first-order valence-electron chi connectivity index (χ1n) is 3.61. The third-order valence-corrected chi connectivity index (χ3v) is 3.70. The van der Waals surface area contributed by atoms with Crippen LogP contribution in [0.3, 0.4) is 0 Å². The van der Waals surface area contributed by atoms with E-state index in [0.717, 1.165) is 21.1 Å². The Labute approximate surface area is 83.0 Å². The molecule has 1 atom stereocenters. The number of hydrogen-bond acceptors (Lipinski definition) is 1. The highest BCUT2D eigenvalue weighted by Gasteiger charge is 2.06. The van der Waals surface area contributed by atoms with Gasteiger partial charge in [0.15, 0.2) is 0 Å². The summed E-state index contributed by atoms with van der Waals surface area (Å²) < 4.78 is 0. The van der Waals surface area contributed by atoms with Crippen LogP contribution in [-0.2, 0) is 0 Å². The van der Waals surface area contributed by atoms with Crippen LogP contribution in [0.1, 0.15) is 18.5 Å². The Bertz CT molecular complexity index is 297. The summed E-state index contributed by atoms with van der Waals surface area (Å²) in [6.45, 7) is 1.96. The molecule has 0 fully saturated rings. The van der Waals surface area contributed by atoms with Gasteiger partial charge in [0.25, 0.3) is 0 Å². The molecule has 1 aromatic carbocycles. The van der Waals surface area contributed by atoms with Crippen LogP contribution >= 0.6 is 0 Å². The van der Waals surface area contributed by atoms with E-state index in [4.69, 9.17) is 5.73 Å². The number of benzene rings is 1. The van der Waals surface area contributed by atoms with Gasteiger partial charge in [0.2, 0.25) is 0 Å². The van der Waals surface area contributed by atoms with E-state index in [1.165, 1.54) is 0 Å². The molecule has 0 saturated carbocycles. The Balaban J connectivity index is 3.27. The van der Waals surface area contributed by atoms with E-state index < -0.39 is 0 Å². The molecule has 0 amide bonds. The lowest BCUT2D eigenvalue weighted by Crippen LogP contribution is -2.41. The van der Waals surface area contributed by atoms with Crippen LogP contribution in [-0.4, -0.2) is 30.7 Å². The Morgan fingerprint density at radius 2 is 1.75 bits per heavy atom. The van der Waals surface area contributed by atoms with E-state index in [1.807, 2.05) is 19.1 Å². The molecule has 1 rings (SSSR count). The van der Waals surface area contributed by atoms with Crippen LogP contribution in [0, 0.1) is 0 Å². The molecule has 0 aliphatic rings. The molecule has 12 heavy (non-hydrogen) atoms. The predicted molar refractivity (Wildman–Crippen MR) is 55.2 cm³/mol. The zero-order chi connectivity index (χ0) is 9.30. The highest BCUT2D eigenvalue weighted by molar-refractivity contribution is 6.57. The van der Waals surface area contributed by atoms with Crippen LogP contribution in [0.2, 0.25) is 0 Å². The molecule has 0 unspecified atom stereocenters. The lowest BCUT2D eigenvalue weighted by atomic mass is 10.1. The van der Waals surface area contributed by atoms with Crippen molar-refractivity contribution in [3.05, 3.63) is 17.7 Å². The second-order valence-corrected chi connectivity index (χ2v) is 4.28. The van der Waals surface area contributed by atoms with Gasteiger partial charge in [-0.15, -0.1) is 0 Å². The Hall–Kier alpha value is -0.169. The molecule has 0 bridgehead atoms. The normalized spacial score (nSPS) is 13.1. The summed E-state index contributed by atoms with van der Waals surface area (Å²) in [5.74, 6) is 0. The Morgan fingerprint density at radius 3 is 2.25 bits per heavy atom. The van der Waals surface area contributed by atoms with Crippen molar-refractivity contribution < 1.29 is 0 Å². The highest BCUT2D eigenvalue weighted by Crippen LogP contribution is 2.02. The van der Waals surface area contributed by atoms with Gasteiger partial charge < -0.3 is 5.73 Å². The molecule has 0 aliphatic heterocycles. The average molecular weight is 202 g/mol. The van der Waals surface area contributed by atoms with E-state index >= 15 is 0 Å². The first-order chi connectivity index (χ1) is 5.54. The summed E-state index contributed by atoms with van der Waals surface area (Å²) in [6, 6.07) is 4.01. The minimum Gasteiger partial charge on any atom is -0.324 e. The van der Waals surface area contributed by atoms with Crippen molar-refractivity contribution >= 4 is 46.3 Å². The molecule has 0 spiro atoms. The first-order valence-corrected chi connectivity index (χ1v) is 5.11. The van der Waals surface area contributed by atoms with Crippen molar-refractivity contribution in [1.29, 1.82) is 0 Å². The predicted octanol–water partition coefficient (Wildman–Crippen LogP) is -1.91. The summed E-state index contributed by atoms with van der Waals surface area (Å²) in [7, 11) is 10.5. The topological polar surface area (TPSA) is 26.0 Å². The van der Waals surface area contributed by atoms with Crippen LogP contribution in [0.5, 0.6) is 0 Å². The van der Waals surface area contributed by atoms with E-state index in [2.05, 4.69) is 30.7 Å². The van der Waals surface area contributed by atoms with E-state index in [9.17, 15) is 0 Å². The van der Waals surface area contributed by atoms with Gasteiger partial charge in [-0.25, -0.2) is 0 Å². The zero-order valence-electron chi connectivity index (χ0n) is 6.81. The van der Waals surface area contributed by atoms with Gasteiger partial charge in [-0.1, -0.05) is 27.7 Å². The maximum absolute atomic E-state index is 5.76. The molecule has 57 valence electrons. The molecule has 0 heterocycles. The average Bonchev–Trinajstić information content (AvgIpc) is 2.00. The summed E-state index contributed by atoms with van der Waals surface area (Å²) in [5, 5.41) is 3.02. The molecule has 2 N–H and O–H groups in total. The van der Waals surface area contributed by atoms with Crippen molar-refractivity contribution in [3.63, 3.8) is 0 Å². The van der Waals surface area contributed by atoms with Gasteiger partial charge in [0, 0.05) is 6.04 Å². The quantitative estimate of drug-likeness (QED) is 0.529. The minimum absolute atomic E-state index is 0.0415. The maximum atomic E-state index is 5.76. The van der Waals surface area contributed by atoms with Crippen molar-refractivity contribution in [3.8, 4) is 0 Å². The van der Waals surface area contributed by atoms with Crippen molar-refractivity contribution in [1.82, 2.24) is 0 Å². The standard InChI is InChI=1S/C8H8NSi3/c1-4(9)5-2-3-6(10)8(12)7(5)11/h2-4H,9H2,1H3/t4-/m1/s1. The Kier molecular flexibility index (Phi) is 3.05. The van der Waals surface area contributed by atoms with Crippen LogP contribution in [0.15, 0.2) is 12.1 Å². The SMILES string of the molecule is C[C@@H](N)c1ccc([Si])c([Si])c1[Si]. The third-order valence-electron chi connectivity index (χ3n) is 1.73. The molecule has 1 aromatic rings. The fourth-order valence-corrected chi connectivity index (χ4v) is 2.00. The molecular formula is C8H8NSi3. The third kappa shape index (κ3) is 1.77. The molecule has 0 saturated heterocycles. The molecule has 1 nitrogen and oxygen atoms in total. The fraction of sp³-hybridized carbons (Fsp3) is 0.250. The Morgan fingerprint density at radius 1 is 1.17 bits per heavy atom. The smallest absolute Gasteiger partial charge is 0.0714 e. The maximum Gasteiger partial charge on any atom is 0.0714 e. The summed E-state index contributed by atoms with van der Waals surface area (Å²) in [4.78, 5) is 0. The summed E-state index contributed by atoms with van der Waals surface area (Å²) in [6.07, 6.45) is 0.